The molecule has 0 amide bonds. The Hall–Kier alpha value is -0.900. The van der Waals surface area contributed by atoms with E-state index in [0.29, 0.717) is 6.61 Å². The van der Waals surface area contributed by atoms with Crippen LogP contribution >= 0.6 is 0 Å². The first-order valence-electron chi connectivity index (χ1n) is 6.78. The number of nitrogens with two attached hydrogens (primary N) is 1. The third-order valence-corrected chi connectivity index (χ3v) is 3.28. The molecular formula is C15H26N2O. The van der Waals surface area contributed by atoms with Crippen LogP contribution in [0.4, 0.5) is 0 Å². The first-order chi connectivity index (χ1) is 8.63. The largest absolute Gasteiger partial charge is 0.376 e. The number of hydrogen-bond donors (Lipinski definition) is 2. The number of hydrazine groups is 1. The SMILES string of the molecule is CCCC(OCC)C(NN)c1cc(C)ccc1C. The molecule has 2 unspecified atom stereocenters. The fraction of sp³-hybridized carbons (Fsp3) is 0.600. The monoisotopic (exact) mass is 250 g/mol. The van der Waals surface area contributed by atoms with Gasteiger partial charge in [-0.2, -0.15) is 0 Å². The summed E-state index contributed by atoms with van der Waals surface area (Å²) in [6.07, 6.45) is 2.23. The van der Waals surface area contributed by atoms with Crippen molar-refractivity contribution in [2.75, 3.05) is 6.61 Å². The molecule has 0 aliphatic carbocycles. The van der Waals surface area contributed by atoms with Gasteiger partial charge in [-0.3, -0.25) is 11.3 Å². The van der Waals surface area contributed by atoms with Gasteiger partial charge in [-0.05, 0) is 38.3 Å². The third kappa shape index (κ3) is 3.80. The number of aryl methyl sites for hydroxylation is 2. The van der Waals surface area contributed by atoms with Crippen LogP contribution in [0.1, 0.15) is 49.4 Å². The average molecular weight is 250 g/mol. The lowest BCUT2D eigenvalue weighted by Gasteiger charge is -2.28. The van der Waals surface area contributed by atoms with Gasteiger partial charge < -0.3 is 4.74 Å². The van der Waals surface area contributed by atoms with Crippen molar-refractivity contribution in [2.45, 2.75) is 52.7 Å². The summed E-state index contributed by atoms with van der Waals surface area (Å²) in [7, 11) is 0. The molecule has 3 N–H and O–H groups in total. The van der Waals surface area contributed by atoms with Gasteiger partial charge in [0.1, 0.15) is 0 Å². The molecule has 0 spiro atoms. The number of rotatable bonds is 7. The molecule has 0 saturated heterocycles. The molecule has 3 heteroatoms. The lowest BCUT2D eigenvalue weighted by atomic mass is 9.93. The molecular weight excluding hydrogens is 224 g/mol. The highest BCUT2D eigenvalue weighted by Gasteiger charge is 2.23. The van der Waals surface area contributed by atoms with Crippen molar-refractivity contribution < 1.29 is 4.74 Å². The second-order valence-electron chi connectivity index (χ2n) is 4.79. The minimum atomic E-state index is 0.0600. The molecule has 18 heavy (non-hydrogen) atoms. The average Bonchev–Trinajstić information content (AvgIpc) is 2.35. The molecule has 2 atom stereocenters. The summed E-state index contributed by atoms with van der Waals surface area (Å²) in [6, 6.07) is 6.53. The Bertz CT molecular complexity index is 360. The van der Waals surface area contributed by atoms with Crippen LogP contribution in [0.2, 0.25) is 0 Å². The van der Waals surface area contributed by atoms with Crippen LogP contribution in [-0.2, 0) is 4.74 Å². The van der Waals surface area contributed by atoms with Crippen LogP contribution in [-0.4, -0.2) is 12.7 Å². The predicted molar refractivity (Wildman–Crippen MR) is 76.3 cm³/mol. The lowest BCUT2D eigenvalue weighted by molar-refractivity contribution is 0.0274. The molecule has 3 nitrogen and oxygen atoms in total. The van der Waals surface area contributed by atoms with E-state index in [0.717, 1.165) is 12.8 Å². The van der Waals surface area contributed by atoms with E-state index in [1.54, 1.807) is 0 Å². The van der Waals surface area contributed by atoms with Gasteiger partial charge in [-0.1, -0.05) is 37.1 Å². The predicted octanol–water partition coefficient (Wildman–Crippen LogP) is 3.01. The molecule has 0 aromatic heterocycles. The maximum absolute atomic E-state index is 5.84. The second kappa shape index (κ2) is 7.52. The van der Waals surface area contributed by atoms with Gasteiger partial charge in [0.25, 0.3) is 0 Å². The van der Waals surface area contributed by atoms with Gasteiger partial charge in [-0.25, -0.2) is 0 Å². The Labute approximate surface area is 111 Å². The van der Waals surface area contributed by atoms with Crippen molar-refractivity contribution in [1.29, 1.82) is 0 Å². The molecule has 0 saturated carbocycles. The van der Waals surface area contributed by atoms with Gasteiger partial charge in [0.05, 0.1) is 12.1 Å². The summed E-state index contributed by atoms with van der Waals surface area (Å²) in [5.41, 5.74) is 6.68. The minimum absolute atomic E-state index is 0.0600. The Morgan fingerprint density at radius 3 is 2.56 bits per heavy atom. The fourth-order valence-corrected chi connectivity index (χ4v) is 2.34. The lowest BCUT2D eigenvalue weighted by Crippen LogP contribution is -2.38. The standard InChI is InChI=1S/C15H26N2O/c1-5-7-14(18-6-2)15(17-16)13-10-11(3)8-9-12(13)4/h8-10,14-15,17H,5-7,16H2,1-4H3. The Morgan fingerprint density at radius 1 is 1.28 bits per heavy atom. The first-order valence-corrected chi connectivity index (χ1v) is 6.78. The van der Waals surface area contributed by atoms with E-state index in [9.17, 15) is 0 Å². The number of ether oxygens (including phenoxy) is 1. The van der Waals surface area contributed by atoms with Crippen molar-refractivity contribution in [3.05, 3.63) is 34.9 Å². The molecule has 0 heterocycles. The van der Waals surface area contributed by atoms with E-state index in [1.165, 1.54) is 16.7 Å². The summed E-state index contributed by atoms with van der Waals surface area (Å²) in [5, 5.41) is 0. The molecule has 1 rings (SSSR count). The quantitative estimate of drug-likeness (QED) is 0.577. The van der Waals surface area contributed by atoms with Crippen molar-refractivity contribution in [3.8, 4) is 0 Å². The van der Waals surface area contributed by atoms with E-state index < -0.39 is 0 Å². The van der Waals surface area contributed by atoms with Crippen LogP contribution in [0.3, 0.4) is 0 Å². The Kier molecular flexibility index (Phi) is 6.33. The summed E-state index contributed by atoms with van der Waals surface area (Å²) in [4.78, 5) is 0. The molecule has 102 valence electrons. The highest BCUT2D eigenvalue weighted by Crippen LogP contribution is 2.25. The third-order valence-electron chi connectivity index (χ3n) is 3.28. The van der Waals surface area contributed by atoms with Crippen LogP contribution < -0.4 is 11.3 Å². The van der Waals surface area contributed by atoms with E-state index in [-0.39, 0.29) is 12.1 Å². The van der Waals surface area contributed by atoms with Crippen LogP contribution in [0.25, 0.3) is 0 Å². The van der Waals surface area contributed by atoms with Crippen molar-refractivity contribution in [2.24, 2.45) is 5.84 Å². The molecule has 0 radical (unpaired) electrons. The maximum atomic E-state index is 5.84. The van der Waals surface area contributed by atoms with Gasteiger partial charge in [0, 0.05) is 6.61 Å². The maximum Gasteiger partial charge on any atom is 0.0782 e. The van der Waals surface area contributed by atoms with E-state index >= 15 is 0 Å². The summed E-state index contributed by atoms with van der Waals surface area (Å²) < 4.78 is 5.84. The molecule has 1 aromatic carbocycles. The first kappa shape index (κ1) is 15.2. The zero-order chi connectivity index (χ0) is 13.5. The van der Waals surface area contributed by atoms with Crippen molar-refractivity contribution in [1.82, 2.24) is 5.43 Å². The Balaban J connectivity index is 3.01. The van der Waals surface area contributed by atoms with Crippen LogP contribution in [0.5, 0.6) is 0 Å². The number of hydrogen-bond acceptors (Lipinski definition) is 3. The highest BCUT2D eigenvalue weighted by atomic mass is 16.5. The second-order valence-corrected chi connectivity index (χ2v) is 4.79. The highest BCUT2D eigenvalue weighted by molar-refractivity contribution is 5.33. The molecule has 0 aliphatic heterocycles. The van der Waals surface area contributed by atoms with E-state index in [2.05, 4.69) is 44.4 Å². The zero-order valence-corrected chi connectivity index (χ0v) is 12.0. The molecule has 0 bridgehead atoms. The van der Waals surface area contributed by atoms with Gasteiger partial charge in [0.2, 0.25) is 0 Å². The van der Waals surface area contributed by atoms with Gasteiger partial charge in [-0.15, -0.1) is 0 Å². The van der Waals surface area contributed by atoms with E-state index in [1.807, 2.05) is 6.92 Å². The van der Waals surface area contributed by atoms with E-state index in [4.69, 9.17) is 10.6 Å². The topological polar surface area (TPSA) is 47.3 Å². The number of nitrogens with one attached hydrogen (secondary N) is 1. The number of benzene rings is 1. The normalized spacial score (nSPS) is 14.5. The van der Waals surface area contributed by atoms with Crippen molar-refractivity contribution >= 4 is 0 Å². The van der Waals surface area contributed by atoms with Gasteiger partial charge >= 0.3 is 0 Å². The zero-order valence-electron chi connectivity index (χ0n) is 12.0. The fourth-order valence-electron chi connectivity index (χ4n) is 2.34. The molecule has 1 aromatic rings. The van der Waals surface area contributed by atoms with Crippen LogP contribution in [0.15, 0.2) is 18.2 Å². The Morgan fingerprint density at radius 2 is 2.00 bits per heavy atom. The van der Waals surface area contributed by atoms with Crippen LogP contribution in [0, 0.1) is 13.8 Å². The summed E-state index contributed by atoms with van der Waals surface area (Å²) in [5.74, 6) is 5.76. The van der Waals surface area contributed by atoms with Crippen molar-refractivity contribution in [3.63, 3.8) is 0 Å². The summed E-state index contributed by atoms with van der Waals surface area (Å²) in [6.45, 7) is 9.13. The van der Waals surface area contributed by atoms with Gasteiger partial charge in [0.15, 0.2) is 0 Å². The molecule has 0 aliphatic rings. The molecule has 0 fully saturated rings. The minimum Gasteiger partial charge on any atom is -0.376 e. The smallest absolute Gasteiger partial charge is 0.0782 e. The summed E-state index contributed by atoms with van der Waals surface area (Å²) >= 11 is 0.